The number of hydrogen-bond acceptors (Lipinski definition) is 5. The van der Waals surface area contributed by atoms with Gasteiger partial charge < -0.3 is 0 Å². The summed E-state index contributed by atoms with van der Waals surface area (Å²) in [5, 5.41) is 3.29. The molecule has 0 radical (unpaired) electrons. The molecule has 0 amide bonds. The van der Waals surface area contributed by atoms with Gasteiger partial charge >= 0.3 is 0 Å². The van der Waals surface area contributed by atoms with Crippen molar-refractivity contribution in [1.29, 1.82) is 0 Å². The number of fused-ring (bicyclic) bond motifs is 4. The average molecular weight is 607 g/mol. The van der Waals surface area contributed by atoms with Gasteiger partial charge in [0.05, 0.1) is 0 Å². The fraction of sp³-hybridized carbons (Fsp3) is 0.757. The highest BCUT2D eigenvalue weighted by Gasteiger charge is 2.45. The van der Waals surface area contributed by atoms with Crippen LogP contribution in [0.3, 0.4) is 0 Å². The van der Waals surface area contributed by atoms with Crippen LogP contribution in [0.4, 0.5) is 0 Å². The number of rotatable bonds is 4. The van der Waals surface area contributed by atoms with Crippen molar-refractivity contribution in [3.63, 3.8) is 0 Å². The number of carbonyl (C=O) groups excluding carboxylic acids is 1. The standard InChI is InChI=1S/C37H54N2OS2/c1-38-29-13-3-5-15-33(29)41-35-23-25(17-21-31(35)38)9-7-11-27-19-20-28(37(27)40)12-8-10-26-18-22-32-36(24-26)42-34-16-6-4-14-30(34)39(32)2/h7-12,25-26,29-36H,3-6,13-24H2,1-2H3. The van der Waals surface area contributed by atoms with Crippen LogP contribution in [0.5, 0.6) is 0 Å². The van der Waals surface area contributed by atoms with Crippen LogP contribution < -0.4 is 0 Å². The Hall–Kier alpha value is -0.750. The Kier molecular flexibility index (Phi) is 9.49. The SMILES string of the molecule is CN1C2CCCCC2SC2CC(C=CC=C3CCC(=CC=CC4CCC5C(C4)SC4CCCCC4N5C)C3=O)CCC21. The summed E-state index contributed by atoms with van der Waals surface area (Å²) < 4.78 is 0. The topological polar surface area (TPSA) is 23.6 Å². The molecule has 10 atom stereocenters. The number of thioether (sulfide) groups is 2. The maximum absolute atomic E-state index is 13.2. The molecule has 0 aromatic carbocycles. The molecule has 5 aliphatic carbocycles. The molecule has 7 rings (SSSR count). The van der Waals surface area contributed by atoms with E-state index in [2.05, 4.69) is 83.9 Å². The van der Waals surface area contributed by atoms with Gasteiger partial charge in [0.1, 0.15) is 0 Å². The van der Waals surface area contributed by atoms with Crippen molar-refractivity contribution in [2.75, 3.05) is 14.1 Å². The molecule has 230 valence electrons. The fourth-order valence-electron chi connectivity index (χ4n) is 9.89. The highest BCUT2D eigenvalue weighted by molar-refractivity contribution is 8.00. The van der Waals surface area contributed by atoms with E-state index in [1.54, 1.807) is 0 Å². The highest BCUT2D eigenvalue weighted by atomic mass is 32.2. The highest BCUT2D eigenvalue weighted by Crippen LogP contribution is 2.48. The van der Waals surface area contributed by atoms with Gasteiger partial charge in [0, 0.05) is 56.3 Å². The van der Waals surface area contributed by atoms with Gasteiger partial charge in [-0.15, -0.1) is 0 Å². The summed E-state index contributed by atoms with van der Waals surface area (Å²) in [6.07, 6.45) is 34.7. The number of Topliss-reactive ketones (excluding diaryl/α,β-unsaturated/α-hetero) is 1. The number of ketones is 1. The molecule has 0 bridgehead atoms. The van der Waals surface area contributed by atoms with Crippen molar-refractivity contribution < 1.29 is 4.79 Å². The van der Waals surface area contributed by atoms with E-state index >= 15 is 0 Å². The van der Waals surface area contributed by atoms with Gasteiger partial charge in [-0.3, -0.25) is 14.6 Å². The number of carbonyl (C=O) groups is 1. The minimum absolute atomic E-state index is 0.289. The molecule has 0 N–H and O–H groups in total. The second kappa shape index (κ2) is 13.3. The third-order valence-electron chi connectivity index (χ3n) is 12.3. The van der Waals surface area contributed by atoms with Crippen LogP contribution in [0, 0.1) is 11.8 Å². The van der Waals surface area contributed by atoms with Crippen LogP contribution in [0.2, 0.25) is 0 Å². The molecule has 5 saturated carbocycles. The molecule has 2 heterocycles. The first-order chi connectivity index (χ1) is 20.5. The molecule has 7 fully saturated rings. The van der Waals surface area contributed by atoms with Gasteiger partial charge in [0.2, 0.25) is 0 Å². The summed E-state index contributed by atoms with van der Waals surface area (Å²) in [5.74, 6) is 1.62. The smallest absolute Gasteiger partial charge is 0.185 e. The number of nitrogens with zero attached hydrogens (tertiary/aromatic N) is 2. The van der Waals surface area contributed by atoms with E-state index in [4.69, 9.17) is 0 Å². The van der Waals surface area contributed by atoms with E-state index in [1.165, 1.54) is 89.9 Å². The van der Waals surface area contributed by atoms with E-state index in [9.17, 15) is 4.79 Å². The fourth-order valence-corrected chi connectivity index (χ4v) is 14.1. The molecule has 0 aromatic rings. The Morgan fingerprint density at radius 1 is 0.571 bits per heavy atom. The first-order valence-corrected chi connectivity index (χ1v) is 19.5. The predicted octanol–water partition coefficient (Wildman–Crippen LogP) is 8.37. The normalized spacial score (nSPS) is 45.3. The van der Waals surface area contributed by atoms with Crippen molar-refractivity contribution in [1.82, 2.24) is 9.80 Å². The first-order valence-electron chi connectivity index (χ1n) is 17.6. The second-order valence-corrected chi connectivity index (χ2v) is 17.7. The average Bonchev–Trinajstić information content (AvgIpc) is 3.36. The second-order valence-electron chi connectivity index (χ2n) is 14.7. The molecule has 2 saturated heterocycles. The number of hydrogen-bond donors (Lipinski definition) is 0. The lowest BCUT2D eigenvalue weighted by molar-refractivity contribution is -0.111. The Morgan fingerprint density at radius 3 is 1.48 bits per heavy atom. The molecular weight excluding hydrogens is 553 g/mol. The van der Waals surface area contributed by atoms with Crippen LogP contribution in [-0.2, 0) is 4.79 Å². The largest absolute Gasteiger partial charge is 0.298 e. The predicted molar refractivity (Wildman–Crippen MR) is 181 cm³/mol. The van der Waals surface area contributed by atoms with E-state index in [1.807, 2.05) is 0 Å². The van der Waals surface area contributed by atoms with Crippen molar-refractivity contribution in [2.24, 2.45) is 11.8 Å². The molecule has 0 aromatic heterocycles. The summed E-state index contributed by atoms with van der Waals surface area (Å²) in [4.78, 5) is 18.7. The van der Waals surface area contributed by atoms with Crippen LogP contribution in [0.1, 0.15) is 103 Å². The van der Waals surface area contributed by atoms with Gasteiger partial charge in [0.25, 0.3) is 0 Å². The third-order valence-corrected chi connectivity index (χ3v) is 15.8. The number of allylic oxidation sites excluding steroid dienone is 8. The maximum Gasteiger partial charge on any atom is 0.185 e. The minimum Gasteiger partial charge on any atom is -0.298 e. The molecule has 5 heteroatoms. The third kappa shape index (κ3) is 6.20. The van der Waals surface area contributed by atoms with E-state index in [0.29, 0.717) is 11.8 Å². The van der Waals surface area contributed by atoms with E-state index in [0.717, 1.165) is 69.2 Å². The lowest BCUT2D eigenvalue weighted by Gasteiger charge is -2.52. The van der Waals surface area contributed by atoms with Gasteiger partial charge in [-0.25, -0.2) is 0 Å². The molecule has 7 aliphatic rings. The molecule has 0 spiro atoms. The molecule has 10 unspecified atom stereocenters. The Morgan fingerprint density at radius 2 is 1.00 bits per heavy atom. The Bertz CT molecular complexity index is 1030. The maximum atomic E-state index is 13.2. The van der Waals surface area contributed by atoms with Crippen LogP contribution in [-0.4, -0.2) is 74.8 Å². The molecular formula is C37H54N2OS2. The Labute approximate surface area is 264 Å². The van der Waals surface area contributed by atoms with Crippen LogP contribution >= 0.6 is 23.5 Å². The minimum atomic E-state index is 0.289. The lowest BCUT2D eigenvalue weighted by Crippen LogP contribution is -2.57. The molecule has 2 aliphatic heterocycles. The quantitative estimate of drug-likeness (QED) is 0.299. The van der Waals surface area contributed by atoms with Gasteiger partial charge in [0.15, 0.2) is 5.78 Å². The van der Waals surface area contributed by atoms with Gasteiger partial charge in [-0.1, -0.05) is 62.1 Å². The van der Waals surface area contributed by atoms with Crippen molar-refractivity contribution >= 4 is 29.3 Å². The van der Waals surface area contributed by atoms with Crippen molar-refractivity contribution in [3.05, 3.63) is 47.6 Å². The summed E-state index contributed by atoms with van der Waals surface area (Å²) in [7, 11) is 4.83. The summed E-state index contributed by atoms with van der Waals surface area (Å²) in [5.41, 5.74) is 2.03. The van der Waals surface area contributed by atoms with Gasteiger partial charge in [-0.05, 0) is 103 Å². The molecule has 3 nitrogen and oxygen atoms in total. The first kappa shape index (κ1) is 29.9. The summed E-state index contributed by atoms with van der Waals surface area (Å²) >= 11 is 4.66. The zero-order chi connectivity index (χ0) is 28.6. The van der Waals surface area contributed by atoms with Crippen LogP contribution in [0.15, 0.2) is 47.6 Å². The summed E-state index contributed by atoms with van der Waals surface area (Å²) in [6, 6.07) is 3.20. The zero-order valence-electron chi connectivity index (χ0n) is 26.2. The molecule has 42 heavy (non-hydrogen) atoms. The van der Waals surface area contributed by atoms with Crippen molar-refractivity contribution in [2.45, 2.75) is 148 Å². The van der Waals surface area contributed by atoms with E-state index in [-0.39, 0.29) is 5.78 Å². The zero-order valence-corrected chi connectivity index (χ0v) is 27.8. The van der Waals surface area contributed by atoms with Gasteiger partial charge in [-0.2, -0.15) is 23.5 Å². The van der Waals surface area contributed by atoms with Crippen LogP contribution in [0.25, 0.3) is 0 Å². The lowest BCUT2D eigenvalue weighted by atomic mass is 9.82. The van der Waals surface area contributed by atoms with Crippen molar-refractivity contribution in [3.8, 4) is 0 Å². The Balaban J connectivity index is 0.900. The monoisotopic (exact) mass is 606 g/mol. The summed E-state index contributed by atoms with van der Waals surface area (Å²) in [6.45, 7) is 0. The van der Waals surface area contributed by atoms with E-state index < -0.39 is 0 Å².